The number of carbonyl (C=O) groups excluding carboxylic acids is 3. The Bertz CT molecular complexity index is 936. The minimum Gasteiger partial charge on any atom is -0.468 e. The summed E-state index contributed by atoms with van der Waals surface area (Å²) >= 11 is 0. The molecule has 1 aromatic carbocycles. The van der Waals surface area contributed by atoms with Crippen molar-refractivity contribution in [2.45, 2.75) is 19.3 Å². The molecular formula is C20H21N3O4. The largest absolute Gasteiger partial charge is 0.468 e. The summed E-state index contributed by atoms with van der Waals surface area (Å²) in [6.07, 6.45) is 2.50. The third-order valence-corrected chi connectivity index (χ3v) is 4.53. The van der Waals surface area contributed by atoms with Gasteiger partial charge in [-0.05, 0) is 36.5 Å². The maximum atomic E-state index is 12.9. The molecule has 0 atom stereocenters. The molecule has 0 unspecified atom stereocenters. The summed E-state index contributed by atoms with van der Waals surface area (Å²) in [5.41, 5.74) is 3.83. The summed E-state index contributed by atoms with van der Waals surface area (Å²) in [5, 5.41) is 5.78. The SMILES string of the molecule is C=C1CCCc2c1nc1ccccc1c2C(=O)NCC(=O)NCC(=O)OC. The van der Waals surface area contributed by atoms with Crippen molar-refractivity contribution in [1.29, 1.82) is 0 Å². The van der Waals surface area contributed by atoms with Crippen LogP contribution < -0.4 is 10.6 Å². The average Bonchev–Trinajstić information content (AvgIpc) is 2.69. The number of hydrogen-bond donors (Lipinski definition) is 2. The fourth-order valence-electron chi connectivity index (χ4n) is 3.20. The zero-order valence-electron chi connectivity index (χ0n) is 15.1. The molecule has 1 heterocycles. The molecule has 27 heavy (non-hydrogen) atoms. The highest BCUT2D eigenvalue weighted by atomic mass is 16.5. The van der Waals surface area contributed by atoms with Crippen molar-refractivity contribution in [1.82, 2.24) is 15.6 Å². The number of para-hydroxylation sites is 1. The number of ether oxygens (including phenoxy) is 1. The van der Waals surface area contributed by atoms with E-state index in [0.717, 1.165) is 47.0 Å². The number of nitrogens with zero attached hydrogens (tertiary/aromatic N) is 1. The lowest BCUT2D eigenvalue weighted by Gasteiger charge is -2.22. The van der Waals surface area contributed by atoms with E-state index in [0.29, 0.717) is 5.56 Å². The molecule has 0 saturated heterocycles. The number of benzene rings is 1. The summed E-state index contributed by atoms with van der Waals surface area (Å²) in [4.78, 5) is 40.5. The number of fused-ring (bicyclic) bond motifs is 2. The van der Waals surface area contributed by atoms with E-state index in [4.69, 9.17) is 0 Å². The van der Waals surface area contributed by atoms with E-state index in [1.807, 2.05) is 24.3 Å². The van der Waals surface area contributed by atoms with Gasteiger partial charge in [-0.25, -0.2) is 4.98 Å². The van der Waals surface area contributed by atoms with Crippen LogP contribution in [0.25, 0.3) is 16.5 Å². The van der Waals surface area contributed by atoms with Crippen molar-refractivity contribution in [2.24, 2.45) is 0 Å². The second-order valence-corrected chi connectivity index (χ2v) is 6.32. The van der Waals surface area contributed by atoms with Crippen LogP contribution in [0.15, 0.2) is 30.8 Å². The molecule has 0 bridgehead atoms. The van der Waals surface area contributed by atoms with Crippen LogP contribution >= 0.6 is 0 Å². The van der Waals surface area contributed by atoms with Crippen molar-refractivity contribution in [2.75, 3.05) is 20.2 Å². The molecule has 140 valence electrons. The number of rotatable bonds is 5. The Morgan fingerprint density at radius 1 is 1.15 bits per heavy atom. The van der Waals surface area contributed by atoms with Crippen LogP contribution in [0, 0.1) is 0 Å². The van der Waals surface area contributed by atoms with Crippen molar-refractivity contribution in [3.8, 4) is 0 Å². The summed E-state index contributed by atoms with van der Waals surface area (Å²) in [7, 11) is 1.24. The van der Waals surface area contributed by atoms with E-state index in [1.54, 1.807) is 0 Å². The monoisotopic (exact) mass is 367 g/mol. The Hall–Kier alpha value is -3.22. The highest BCUT2D eigenvalue weighted by molar-refractivity contribution is 6.09. The van der Waals surface area contributed by atoms with Crippen LogP contribution in [-0.4, -0.2) is 43.0 Å². The lowest BCUT2D eigenvalue weighted by Crippen LogP contribution is -2.39. The van der Waals surface area contributed by atoms with Gasteiger partial charge < -0.3 is 15.4 Å². The summed E-state index contributed by atoms with van der Waals surface area (Å²) < 4.78 is 4.46. The van der Waals surface area contributed by atoms with Gasteiger partial charge in [-0.3, -0.25) is 14.4 Å². The maximum Gasteiger partial charge on any atom is 0.325 e. The number of aromatic nitrogens is 1. The molecule has 0 fully saturated rings. The third-order valence-electron chi connectivity index (χ3n) is 4.53. The van der Waals surface area contributed by atoms with Crippen molar-refractivity contribution in [3.05, 3.63) is 47.7 Å². The molecule has 2 aromatic rings. The standard InChI is InChI=1S/C20H21N3O4/c1-12-6-5-8-14-18(13-7-3-4-9-15(13)23-19(12)14)20(26)22-10-16(24)21-11-17(25)27-2/h3-4,7,9H,1,5-6,8,10-11H2,2H3,(H,21,24)(H,22,26). The number of allylic oxidation sites excluding steroid dienone is 1. The molecule has 0 radical (unpaired) electrons. The fourth-order valence-corrected chi connectivity index (χ4v) is 3.20. The number of methoxy groups -OCH3 is 1. The normalized spacial score (nSPS) is 13.0. The number of hydrogen-bond acceptors (Lipinski definition) is 5. The Morgan fingerprint density at radius 3 is 2.70 bits per heavy atom. The second kappa shape index (κ2) is 7.99. The molecular weight excluding hydrogens is 346 g/mol. The topological polar surface area (TPSA) is 97.4 Å². The van der Waals surface area contributed by atoms with Gasteiger partial charge in [0.1, 0.15) is 6.54 Å². The van der Waals surface area contributed by atoms with Gasteiger partial charge in [-0.2, -0.15) is 0 Å². The minimum absolute atomic E-state index is 0.234. The minimum atomic E-state index is -0.553. The predicted octanol–water partition coefficient (Wildman–Crippen LogP) is 1.60. The first-order valence-corrected chi connectivity index (χ1v) is 8.72. The van der Waals surface area contributed by atoms with Crippen LogP contribution in [0.1, 0.15) is 34.5 Å². The quantitative estimate of drug-likeness (QED) is 0.783. The van der Waals surface area contributed by atoms with Crippen molar-refractivity contribution >= 4 is 34.3 Å². The highest BCUT2D eigenvalue weighted by Crippen LogP contribution is 2.33. The van der Waals surface area contributed by atoms with Gasteiger partial charge in [0.2, 0.25) is 5.91 Å². The Labute approximate surface area is 156 Å². The zero-order valence-corrected chi connectivity index (χ0v) is 15.1. The molecule has 0 saturated carbocycles. The van der Waals surface area contributed by atoms with Crippen LogP contribution in [0.5, 0.6) is 0 Å². The van der Waals surface area contributed by atoms with E-state index < -0.39 is 11.9 Å². The van der Waals surface area contributed by atoms with Crippen LogP contribution in [0.4, 0.5) is 0 Å². The lowest BCUT2D eigenvalue weighted by atomic mass is 9.87. The lowest BCUT2D eigenvalue weighted by molar-refractivity contribution is -0.141. The molecule has 1 aliphatic rings. The van der Waals surface area contributed by atoms with Gasteiger partial charge in [0, 0.05) is 5.39 Å². The summed E-state index contributed by atoms with van der Waals surface area (Å²) in [6, 6.07) is 7.44. The number of nitrogens with one attached hydrogen (secondary N) is 2. The second-order valence-electron chi connectivity index (χ2n) is 6.32. The van der Waals surface area contributed by atoms with E-state index in [2.05, 4.69) is 26.9 Å². The van der Waals surface area contributed by atoms with E-state index in [-0.39, 0.29) is 19.0 Å². The first-order chi connectivity index (χ1) is 13.0. The van der Waals surface area contributed by atoms with Crippen molar-refractivity contribution in [3.63, 3.8) is 0 Å². The molecule has 2 N–H and O–H groups in total. The van der Waals surface area contributed by atoms with Crippen LogP contribution in [0.3, 0.4) is 0 Å². The Kier molecular flexibility index (Phi) is 5.49. The first-order valence-electron chi connectivity index (χ1n) is 8.72. The van der Waals surface area contributed by atoms with Crippen LogP contribution in [-0.2, 0) is 20.7 Å². The molecule has 2 amide bonds. The number of esters is 1. The Balaban J connectivity index is 1.85. The molecule has 7 heteroatoms. The number of amides is 2. The fraction of sp³-hybridized carbons (Fsp3) is 0.300. The maximum absolute atomic E-state index is 12.9. The number of pyridine rings is 1. The van der Waals surface area contributed by atoms with E-state index in [9.17, 15) is 14.4 Å². The molecule has 0 spiro atoms. The molecule has 7 nitrogen and oxygen atoms in total. The molecule has 0 aliphatic heterocycles. The average molecular weight is 367 g/mol. The zero-order chi connectivity index (χ0) is 19.4. The molecule has 3 rings (SSSR count). The third kappa shape index (κ3) is 3.97. The van der Waals surface area contributed by atoms with Gasteiger partial charge in [0.25, 0.3) is 5.91 Å². The van der Waals surface area contributed by atoms with E-state index in [1.165, 1.54) is 7.11 Å². The molecule has 1 aliphatic carbocycles. The van der Waals surface area contributed by atoms with Gasteiger partial charge in [0.05, 0.1) is 30.4 Å². The highest BCUT2D eigenvalue weighted by Gasteiger charge is 2.24. The van der Waals surface area contributed by atoms with Gasteiger partial charge in [0.15, 0.2) is 0 Å². The van der Waals surface area contributed by atoms with Gasteiger partial charge in [-0.1, -0.05) is 24.8 Å². The number of carbonyl (C=O) groups is 3. The summed E-state index contributed by atoms with van der Waals surface area (Å²) in [5.74, 6) is -1.36. The summed E-state index contributed by atoms with van der Waals surface area (Å²) in [6.45, 7) is 3.61. The smallest absolute Gasteiger partial charge is 0.325 e. The first kappa shape index (κ1) is 18.6. The predicted molar refractivity (Wildman–Crippen MR) is 101 cm³/mol. The van der Waals surface area contributed by atoms with Crippen LogP contribution in [0.2, 0.25) is 0 Å². The Morgan fingerprint density at radius 2 is 1.93 bits per heavy atom. The van der Waals surface area contributed by atoms with Gasteiger partial charge >= 0.3 is 5.97 Å². The van der Waals surface area contributed by atoms with Crippen molar-refractivity contribution < 1.29 is 19.1 Å². The molecule has 1 aromatic heterocycles. The van der Waals surface area contributed by atoms with E-state index >= 15 is 0 Å². The van der Waals surface area contributed by atoms with Gasteiger partial charge in [-0.15, -0.1) is 0 Å².